The first-order chi connectivity index (χ1) is 14.0. The Kier molecular flexibility index (Phi) is 6.98. The number of unbranched alkanes of at least 4 members (excludes halogenated alkanes) is 1. The van der Waals surface area contributed by atoms with Gasteiger partial charge in [0.05, 0.1) is 10.2 Å². The number of rotatable bonds is 9. The first kappa shape index (κ1) is 21.0. The summed E-state index contributed by atoms with van der Waals surface area (Å²) in [5, 5.41) is 10.2. The van der Waals surface area contributed by atoms with Crippen molar-refractivity contribution in [2.24, 2.45) is 0 Å². The predicted octanol–water partition coefficient (Wildman–Crippen LogP) is 5.36. The van der Waals surface area contributed by atoms with Crippen molar-refractivity contribution in [1.82, 2.24) is 9.88 Å². The third-order valence-corrected chi connectivity index (χ3v) is 5.70. The van der Waals surface area contributed by atoms with E-state index in [4.69, 9.17) is 0 Å². The topological polar surface area (TPSA) is 56.7 Å². The molecule has 0 spiro atoms. The van der Waals surface area contributed by atoms with E-state index in [1.807, 2.05) is 36.1 Å². The maximum atomic E-state index is 13.7. The number of amides is 1. The molecule has 8 heteroatoms. The second-order valence-corrected chi connectivity index (χ2v) is 7.77. The van der Waals surface area contributed by atoms with Gasteiger partial charge in [-0.3, -0.25) is 0 Å². The minimum absolute atomic E-state index is 0.301. The van der Waals surface area contributed by atoms with Gasteiger partial charge in [-0.25, -0.2) is 18.6 Å². The van der Waals surface area contributed by atoms with Gasteiger partial charge in [-0.05, 0) is 36.2 Å². The highest BCUT2D eigenvalue weighted by Gasteiger charge is 2.17. The first-order valence-electron chi connectivity index (χ1n) is 9.50. The molecule has 0 unspecified atom stereocenters. The monoisotopic (exact) mass is 419 g/mol. The molecule has 0 atom stereocenters. The summed E-state index contributed by atoms with van der Waals surface area (Å²) in [7, 11) is 0. The molecule has 2 aromatic carbocycles. The van der Waals surface area contributed by atoms with Crippen LogP contribution in [0.3, 0.4) is 0 Å². The highest BCUT2D eigenvalue weighted by Crippen LogP contribution is 2.29. The van der Waals surface area contributed by atoms with E-state index >= 15 is 0 Å². The van der Waals surface area contributed by atoms with E-state index in [0.29, 0.717) is 31.7 Å². The number of fused-ring (bicyclic) bond motifs is 1. The number of hydrogen-bond acceptors (Lipinski definition) is 4. The second kappa shape index (κ2) is 9.65. The minimum atomic E-state index is -0.962. The first-order valence-corrected chi connectivity index (χ1v) is 10.3. The Morgan fingerprint density at radius 3 is 2.59 bits per heavy atom. The van der Waals surface area contributed by atoms with E-state index in [-0.39, 0.29) is 0 Å². The highest BCUT2D eigenvalue weighted by molar-refractivity contribution is 7.22. The lowest BCUT2D eigenvalue weighted by molar-refractivity contribution is 0.145. The van der Waals surface area contributed by atoms with Crippen molar-refractivity contribution in [3.8, 4) is 0 Å². The van der Waals surface area contributed by atoms with Crippen molar-refractivity contribution in [2.45, 2.75) is 26.3 Å². The Labute approximate surface area is 172 Å². The Bertz CT molecular complexity index is 946. The van der Waals surface area contributed by atoms with Gasteiger partial charge in [0.2, 0.25) is 0 Å². The van der Waals surface area contributed by atoms with Gasteiger partial charge in [-0.1, -0.05) is 42.9 Å². The third-order valence-electron chi connectivity index (χ3n) is 4.60. The van der Waals surface area contributed by atoms with Gasteiger partial charge >= 0.3 is 6.09 Å². The molecule has 3 rings (SSSR count). The Morgan fingerprint density at radius 2 is 1.90 bits per heavy atom. The summed E-state index contributed by atoms with van der Waals surface area (Å²) in [6.07, 6.45) is 0.729. The Morgan fingerprint density at radius 1 is 1.10 bits per heavy atom. The quantitative estimate of drug-likeness (QED) is 0.507. The average molecular weight is 419 g/mol. The van der Waals surface area contributed by atoms with Crippen LogP contribution in [0.4, 0.5) is 18.7 Å². The van der Waals surface area contributed by atoms with Crippen molar-refractivity contribution < 1.29 is 18.7 Å². The summed E-state index contributed by atoms with van der Waals surface area (Å²) in [4.78, 5) is 19.5. The Balaban J connectivity index is 1.83. The molecule has 5 nitrogen and oxygen atoms in total. The van der Waals surface area contributed by atoms with Gasteiger partial charge < -0.3 is 14.9 Å². The number of thiazole rings is 1. The number of hydrogen-bond donors (Lipinski definition) is 1. The molecule has 0 aliphatic rings. The lowest BCUT2D eigenvalue weighted by Gasteiger charge is -2.26. The molecule has 0 radical (unpaired) electrons. The van der Waals surface area contributed by atoms with Crippen LogP contribution >= 0.6 is 11.3 Å². The van der Waals surface area contributed by atoms with Crippen LogP contribution in [0.2, 0.25) is 0 Å². The molecule has 1 N–H and O–H groups in total. The molecular weight excluding hydrogens is 396 g/mol. The number of para-hydroxylation sites is 1. The van der Waals surface area contributed by atoms with Gasteiger partial charge in [0, 0.05) is 26.2 Å². The summed E-state index contributed by atoms with van der Waals surface area (Å²) in [5.74, 6) is -1.79. The standard InChI is InChI=1S/C21H23F2N3O2S/c1-2-3-10-25(21(27)28)11-12-26(14-15-8-9-16(22)17(23)13-15)20-24-18-6-4-5-7-19(18)29-20/h4-9,13H,2-3,10-12,14H2,1H3,(H,27,28). The van der Waals surface area contributed by atoms with E-state index in [1.54, 1.807) is 0 Å². The zero-order chi connectivity index (χ0) is 20.8. The van der Waals surface area contributed by atoms with E-state index in [1.165, 1.54) is 28.4 Å². The molecule has 0 fully saturated rings. The van der Waals surface area contributed by atoms with Crippen LogP contribution in [0.15, 0.2) is 42.5 Å². The van der Waals surface area contributed by atoms with Crippen molar-refractivity contribution in [3.05, 3.63) is 59.7 Å². The third kappa shape index (κ3) is 5.41. The number of nitrogens with zero attached hydrogens (tertiary/aromatic N) is 3. The van der Waals surface area contributed by atoms with Crippen LogP contribution in [-0.2, 0) is 6.54 Å². The SMILES string of the molecule is CCCCN(CCN(Cc1ccc(F)c(F)c1)c1nc2ccccc2s1)C(=O)O. The molecule has 29 heavy (non-hydrogen) atoms. The number of halogens is 2. The Hall–Kier alpha value is -2.74. The molecule has 0 bridgehead atoms. The van der Waals surface area contributed by atoms with Gasteiger partial charge in [0.15, 0.2) is 16.8 Å². The summed E-state index contributed by atoms with van der Waals surface area (Å²) >= 11 is 1.49. The minimum Gasteiger partial charge on any atom is -0.465 e. The van der Waals surface area contributed by atoms with Gasteiger partial charge in [0.1, 0.15) is 0 Å². The molecule has 0 aliphatic heterocycles. The van der Waals surface area contributed by atoms with Crippen molar-refractivity contribution in [2.75, 3.05) is 24.5 Å². The van der Waals surface area contributed by atoms with Crippen molar-refractivity contribution in [3.63, 3.8) is 0 Å². The fourth-order valence-corrected chi connectivity index (χ4v) is 3.98. The van der Waals surface area contributed by atoms with Gasteiger partial charge in [-0.2, -0.15) is 0 Å². The maximum Gasteiger partial charge on any atom is 0.407 e. The molecule has 1 heterocycles. The largest absolute Gasteiger partial charge is 0.465 e. The van der Waals surface area contributed by atoms with Crippen LogP contribution < -0.4 is 4.90 Å². The summed E-state index contributed by atoms with van der Waals surface area (Å²) < 4.78 is 28.0. The van der Waals surface area contributed by atoms with E-state index in [0.717, 1.165) is 34.3 Å². The smallest absolute Gasteiger partial charge is 0.407 e. The number of carboxylic acid groups (broad SMARTS) is 1. The number of benzene rings is 2. The fraction of sp³-hybridized carbons (Fsp3) is 0.333. The van der Waals surface area contributed by atoms with Crippen molar-refractivity contribution >= 4 is 32.8 Å². The molecule has 0 aliphatic carbocycles. The van der Waals surface area contributed by atoms with Gasteiger partial charge in [-0.15, -0.1) is 0 Å². The molecule has 1 aromatic heterocycles. The lowest BCUT2D eigenvalue weighted by atomic mass is 10.2. The second-order valence-electron chi connectivity index (χ2n) is 6.76. The van der Waals surface area contributed by atoms with E-state index in [9.17, 15) is 18.7 Å². The molecule has 0 saturated carbocycles. The molecule has 1 amide bonds. The van der Waals surface area contributed by atoms with E-state index < -0.39 is 17.7 Å². The van der Waals surface area contributed by atoms with E-state index in [2.05, 4.69) is 4.98 Å². The summed E-state index contributed by atoms with van der Waals surface area (Å²) in [6, 6.07) is 11.5. The summed E-state index contributed by atoms with van der Waals surface area (Å²) in [5.41, 5.74) is 1.45. The molecule has 3 aromatic rings. The van der Waals surface area contributed by atoms with Crippen LogP contribution in [-0.4, -0.2) is 40.7 Å². The average Bonchev–Trinajstić information content (AvgIpc) is 3.13. The lowest BCUT2D eigenvalue weighted by Crippen LogP contribution is -2.38. The molecule has 154 valence electrons. The molecular formula is C21H23F2N3O2S. The predicted molar refractivity (Wildman–Crippen MR) is 112 cm³/mol. The fourth-order valence-electron chi connectivity index (χ4n) is 2.99. The zero-order valence-corrected chi connectivity index (χ0v) is 17.0. The van der Waals surface area contributed by atoms with Crippen LogP contribution in [0.5, 0.6) is 0 Å². The normalized spacial score (nSPS) is 11.0. The number of anilines is 1. The number of aromatic nitrogens is 1. The van der Waals surface area contributed by atoms with Crippen LogP contribution in [0.1, 0.15) is 25.3 Å². The van der Waals surface area contributed by atoms with Crippen LogP contribution in [0.25, 0.3) is 10.2 Å². The van der Waals surface area contributed by atoms with Gasteiger partial charge in [0.25, 0.3) is 0 Å². The molecule has 0 saturated heterocycles. The van der Waals surface area contributed by atoms with Crippen LogP contribution in [0, 0.1) is 11.6 Å². The maximum absolute atomic E-state index is 13.7. The van der Waals surface area contributed by atoms with Crippen molar-refractivity contribution in [1.29, 1.82) is 0 Å². The number of carbonyl (C=O) groups is 1. The summed E-state index contributed by atoms with van der Waals surface area (Å²) in [6.45, 7) is 3.48. The zero-order valence-electron chi connectivity index (χ0n) is 16.1. The highest BCUT2D eigenvalue weighted by atomic mass is 32.1.